The minimum Gasteiger partial charge on any atom is -0.398 e. The van der Waals surface area contributed by atoms with Crippen LogP contribution in [0.4, 0.5) is 5.69 Å². The number of nitrogen functional groups attached to an aromatic ring is 1. The van der Waals surface area contributed by atoms with Crippen molar-refractivity contribution in [2.75, 3.05) is 5.73 Å². The number of benzene rings is 1. The van der Waals surface area contributed by atoms with Crippen molar-refractivity contribution in [3.05, 3.63) is 29.3 Å². The first-order valence-electron chi connectivity index (χ1n) is 6.20. The zero-order valence-electron chi connectivity index (χ0n) is 11.1. The molecular weight excluding hydrogens is 226 g/mol. The molecule has 0 spiro atoms. The monoisotopic (exact) mass is 245 g/mol. The van der Waals surface area contributed by atoms with E-state index in [2.05, 4.69) is 24.4 Å². The highest BCUT2D eigenvalue weighted by molar-refractivity contribution is 6.08. The molecule has 1 aliphatic rings. The van der Waals surface area contributed by atoms with Crippen LogP contribution in [0.1, 0.15) is 37.8 Å². The zero-order valence-corrected chi connectivity index (χ0v) is 11.1. The number of carbonyl (C=O) groups is 1. The lowest BCUT2D eigenvalue weighted by Crippen LogP contribution is -2.40. The van der Waals surface area contributed by atoms with Crippen molar-refractivity contribution in [3.63, 3.8) is 0 Å². The van der Waals surface area contributed by atoms with Crippen LogP contribution >= 0.6 is 0 Å². The third kappa shape index (κ3) is 2.10. The molecule has 0 saturated carbocycles. The summed E-state index contributed by atoms with van der Waals surface area (Å²) in [6.07, 6.45) is 1.34. The van der Waals surface area contributed by atoms with E-state index >= 15 is 0 Å². The lowest BCUT2D eigenvalue weighted by molar-refractivity contribution is -0.123. The van der Waals surface area contributed by atoms with Gasteiger partial charge in [0.15, 0.2) is 0 Å². The topological polar surface area (TPSA) is 67.5 Å². The Bertz CT molecular complexity index is 522. The molecule has 4 nitrogen and oxygen atoms in total. The Kier molecular flexibility index (Phi) is 3.11. The second-order valence-electron chi connectivity index (χ2n) is 5.16. The molecule has 1 aromatic carbocycles. The Morgan fingerprint density at radius 2 is 2.22 bits per heavy atom. The number of nitrogens with two attached hydrogens (primary N) is 1. The van der Waals surface area contributed by atoms with Gasteiger partial charge in [-0.3, -0.25) is 4.79 Å². The van der Waals surface area contributed by atoms with Gasteiger partial charge in [-0.05, 0) is 25.0 Å². The maximum Gasteiger partial charge on any atom is 0.241 e. The van der Waals surface area contributed by atoms with Crippen LogP contribution in [0, 0.1) is 12.3 Å². The standard InChI is InChI=1S/C14H19N3O/c1-4-14(3)8-12(18)16-17-13(14)10-6-5-9(2)11(15)7-10/h5-7H,4,8,15H2,1-3H3,(H,16,18). The van der Waals surface area contributed by atoms with E-state index < -0.39 is 0 Å². The van der Waals surface area contributed by atoms with Gasteiger partial charge in [0.25, 0.3) is 0 Å². The van der Waals surface area contributed by atoms with Crippen LogP contribution in [-0.2, 0) is 4.79 Å². The lowest BCUT2D eigenvalue weighted by atomic mass is 9.75. The molecular formula is C14H19N3O. The molecule has 4 heteroatoms. The van der Waals surface area contributed by atoms with Crippen LogP contribution in [-0.4, -0.2) is 11.6 Å². The molecule has 18 heavy (non-hydrogen) atoms. The van der Waals surface area contributed by atoms with Gasteiger partial charge in [0.1, 0.15) is 0 Å². The van der Waals surface area contributed by atoms with E-state index in [9.17, 15) is 4.79 Å². The summed E-state index contributed by atoms with van der Waals surface area (Å²) >= 11 is 0. The largest absolute Gasteiger partial charge is 0.398 e. The molecule has 1 aliphatic heterocycles. The van der Waals surface area contributed by atoms with Crippen LogP contribution in [0.15, 0.2) is 23.3 Å². The highest BCUT2D eigenvalue weighted by Crippen LogP contribution is 2.33. The van der Waals surface area contributed by atoms with E-state index in [1.807, 2.05) is 25.1 Å². The van der Waals surface area contributed by atoms with Gasteiger partial charge in [-0.2, -0.15) is 5.10 Å². The molecule has 1 aromatic rings. The van der Waals surface area contributed by atoms with Gasteiger partial charge in [-0.15, -0.1) is 0 Å². The number of hydrogen-bond donors (Lipinski definition) is 2. The average Bonchev–Trinajstić information content (AvgIpc) is 2.33. The number of amides is 1. The van der Waals surface area contributed by atoms with E-state index in [4.69, 9.17) is 5.73 Å². The summed E-state index contributed by atoms with van der Waals surface area (Å²) in [4.78, 5) is 11.5. The maximum absolute atomic E-state index is 11.5. The fourth-order valence-electron chi connectivity index (χ4n) is 2.22. The second-order valence-corrected chi connectivity index (χ2v) is 5.16. The van der Waals surface area contributed by atoms with Gasteiger partial charge in [0.2, 0.25) is 5.91 Å². The van der Waals surface area contributed by atoms with Crippen LogP contribution < -0.4 is 11.2 Å². The van der Waals surface area contributed by atoms with Crippen molar-refractivity contribution < 1.29 is 4.79 Å². The van der Waals surface area contributed by atoms with Gasteiger partial charge in [-0.25, -0.2) is 5.43 Å². The predicted octanol–water partition coefficient (Wildman–Crippen LogP) is 2.22. The van der Waals surface area contributed by atoms with Crippen LogP contribution in [0.3, 0.4) is 0 Å². The molecule has 1 amide bonds. The zero-order chi connectivity index (χ0) is 13.3. The number of nitrogens with one attached hydrogen (secondary N) is 1. The number of hydrazone groups is 1. The highest BCUT2D eigenvalue weighted by atomic mass is 16.2. The van der Waals surface area contributed by atoms with Gasteiger partial charge in [0, 0.05) is 23.1 Å². The molecule has 2 rings (SSSR count). The summed E-state index contributed by atoms with van der Waals surface area (Å²) in [6.45, 7) is 6.12. The number of carbonyl (C=O) groups excluding carboxylic acids is 1. The Balaban J connectivity index is 2.47. The van der Waals surface area contributed by atoms with Crippen LogP contribution in [0.2, 0.25) is 0 Å². The molecule has 0 fully saturated rings. The van der Waals surface area contributed by atoms with Crippen LogP contribution in [0.5, 0.6) is 0 Å². The first-order chi connectivity index (χ1) is 8.46. The fourth-order valence-corrected chi connectivity index (χ4v) is 2.22. The van der Waals surface area contributed by atoms with Gasteiger partial charge < -0.3 is 5.73 Å². The normalized spacial score (nSPS) is 23.5. The third-order valence-corrected chi connectivity index (χ3v) is 3.75. The number of nitrogens with zero attached hydrogens (tertiary/aromatic N) is 1. The maximum atomic E-state index is 11.5. The van der Waals surface area contributed by atoms with E-state index in [1.165, 1.54) is 0 Å². The minimum absolute atomic E-state index is 0.0248. The van der Waals surface area contributed by atoms with Crippen molar-refractivity contribution in [1.29, 1.82) is 0 Å². The molecule has 1 atom stereocenters. The summed E-state index contributed by atoms with van der Waals surface area (Å²) in [5.41, 5.74) is 12.0. The summed E-state index contributed by atoms with van der Waals surface area (Å²) in [5.74, 6) is -0.0248. The predicted molar refractivity (Wildman–Crippen MR) is 73.3 cm³/mol. The highest BCUT2D eigenvalue weighted by Gasteiger charge is 2.35. The minimum atomic E-state index is -0.218. The van der Waals surface area contributed by atoms with Crippen molar-refractivity contribution in [2.24, 2.45) is 10.5 Å². The molecule has 1 heterocycles. The molecule has 3 N–H and O–H groups in total. The van der Waals surface area contributed by atoms with Crippen molar-refractivity contribution in [3.8, 4) is 0 Å². The molecule has 0 aromatic heterocycles. The van der Waals surface area contributed by atoms with E-state index in [0.29, 0.717) is 6.42 Å². The molecule has 1 unspecified atom stereocenters. The molecule has 96 valence electrons. The van der Waals surface area contributed by atoms with E-state index in [-0.39, 0.29) is 11.3 Å². The Labute approximate surface area is 107 Å². The molecule has 0 aliphatic carbocycles. The summed E-state index contributed by atoms with van der Waals surface area (Å²) in [5, 5.41) is 4.24. The van der Waals surface area contributed by atoms with Crippen LogP contribution in [0.25, 0.3) is 0 Å². The van der Waals surface area contributed by atoms with E-state index in [0.717, 1.165) is 28.9 Å². The summed E-state index contributed by atoms with van der Waals surface area (Å²) in [6, 6.07) is 5.93. The Hall–Kier alpha value is -1.84. The van der Waals surface area contributed by atoms with Crippen molar-refractivity contribution >= 4 is 17.3 Å². The lowest BCUT2D eigenvalue weighted by Gasteiger charge is -2.32. The second kappa shape index (κ2) is 4.44. The number of anilines is 1. The number of aryl methyl sites for hydroxylation is 1. The quantitative estimate of drug-likeness (QED) is 0.784. The first-order valence-corrected chi connectivity index (χ1v) is 6.20. The first kappa shape index (κ1) is 12.6. The summed E-state index contributed by atoms with van der Waals surface area (Å²) in [7, 11) is 0. The number of rotatable bonds is 2. The van der Waals surface area contributed by atoms with Gasteiger partial charge >= 0.3 is 0 Å². The number of hydrogen-bond acceptors (Lipinski definition) is 3. The van der Waals surface area contributed by atoms with Gasteiger partial charge in [0.05, 0.1) is 5.71 Å². The molecule has 0 bridgehead atoms. The summed E-state index contributed by atoms with van der Waals surface area (Å²) < 4.78 is 0. The van der Waals surface area contributed by atoms with Gasteiger partial charge in [-0.1, -0.05) is 26.0 Å². The Morgan fingerprint density at radius 1 is 1.50 bits per heavy atom. The van der Waals surface area contributed by atoms with Crippen molar-refractivity contribution in [1.82, 2.24) is 5.43 Å². The smallest absolute Gasteiger partial charge is 0.241 e. The van der Waals surface area contributed by atoms with Crippen molar-refractivity contribution in [2.45, 2.75) is 33.6 Å². The SMILES string of the molecule is CCC1(C)CC(=O)NN=C1c1ccc(C)c(N)c1. The van der Waals surface area contributed by atoms with E-state index in [1.54, 1.807) is 0 Å². The molecule has 0 radical (unpaired) electrons. The molecule has 0 saturated heterocycles. The fraction of sp³-hybridized carbons (Fsp3) is 0.429. The average molecular weight is 245 g/mol. The Morgan fingerprint density at radius 3 is 2.83 bits per heavy atom. The third-order valence-electron chi connectivity index (χ3n) is 3.75.